The summed E-state index contributed by atoms with van der Waals surface area (Å²) < 4.78 is 93.1. The lowest BCUT2D eigenvalue weighted by molar-refractivity contribution is -0.331. The Labute approximate surface area is 594 Å². The lowest BCUT2D eigenvalue weighted by atomic mass is 10.1. The number of unbranched alkanes of at least 4 members (excludes halogenated alkanes) is 18. The van der Waals surface area contributed by atoms with Gasteiger partial charge in [-0.15, -0.1) is 0 Å². The molecular formula is C81H86F3N3O15. The summed E-state index contributed by atoms with van der Waals surface area (Å²) in [6.45, 7) is 14.4. The number of ether oxygens (including phenoxy) is 9. The van der Waals surface area contributed by atoms with Gasteiger partial charge < -0.3 is 42.6 Å². The Morgan fingerprint density at radius 3 is 0.814 bits per heavy atom. The highest BCUT2D eigenvalue weighted by atomic mass is 19.1. The molecule has 536 valence electrons. The van der Waals surface area contributed by atoms with Crippen LogP contribution in [0.25, 0.3) is 16.7 Å². The van der Waals surface area contributed by atoms with E-state index in [1.807, 2.05) is 18.2 Å². The van der Waals surface area contributed by atoms with Crippen molar-refractivity contribution in [2.75, 3.05) is 19.8 Å². The molecule has 0 radical (unpaired) electrons. The molecule has 18 nitrogen and oxygen atoms in total. The second-order valence-corrected chi connectivity index (χ2v) is 24.1. The molecule has 0 bridgehead atoms. The summed E-state index contributed by atoms with van der Waals surface area (Å²) in [7, 11) is 0. The second kappa shape index (κ2) is 43.5. The third-order valence-electron chi connectivity index (χ3n) is 16.3. The Kier molecular flexibility index (Phi) is 34.1. The van der Waals surface area contributed by atoms with Gasteiger partial charge in [0.15, 0.2) is 34.7 Å². The highest BCUT2D eigenvalue weighted by Gasteiger charge is 2.42. The first-order valence-electron chi connectivity index (χ1n) is 34.5. The second-order valence-electron chi connectivity index (χ2n) is 24.1. The van der Waals surface area contributed by atoms with Crippen molar-refractivity contribution in [2.45, 2.75) is 173 Å². The maximum Gasteiger partial charge on any atom is 0.423 e. The van der Waals surface area contributed by atoms with Crippen LogP contribution in [0.15, 0.2) is 147 Å². The first-order valence-corrected chi connectivity index (χ1v) is 34.5. The van der Waals surface area contributed by atoms with E-state index >= 15 is 0 Å². The summed E-state index contributed by atoms with van der Waals surface area (Å²) in [6.07, 6.45) is 17.1. The van der Waals surface area contributed by atoms with E-state index < -0.39 is 59.2 Å². The molecule has 6 aromatic rings. The topological polar surface area (TPSA) is 257 Å². The first kappa shape index (κ1) is 80.0. The van der Waals surface area contributed by atoms with E-state index in [2.05, 4.69) is 19.7 Å². The third kappa shape index (κ3) is 28.0. The minimum atomic E-state index is -2.21. The number of halogens is 3. The number of rotatable bonds is 46. The van der Waals surface area contributed by atoms with Crippen LogP contribution in [0, 0.1) is 51.4 Å². The van der Waals surface area contributed by atoms with Gasteiger partial charge in [0.25, 0.3) is 0 Å². The van der Waals surface area contributed by atoms with Crippen molar-refractivity contribution >= 4 is 52.5 Å². The van der Waals surface area contributed by atoms with Gasteiger partial charge in [-0.05, 0) is 146 Å². The van der Waals surface area contributed by atoms with Gasteiger partial charge in [0, 0.05) is 19.3 Å². The van der Waals surface area contributed by atoms with Crippen molar-refractivity contribution in [3.63, 3.8) is 0 Å². The fourth-order valence-electron chi connectivity index (χ4n) is 10.3. The van der Waals surface area contributed by atoms with Gasteiger partial charge in [-0.25, -0.2) is 27.6 Å². The molecule has 0 heterocycles. The predicted octanol–water partition coefficient (Wildman–Crippen LogP) is 18.2. The molecule has 0 amide bonds. The summed E-state index contributed by atoms with van der Waals surface area (Å²) in [5, 5.41) is 26.9. The highest BCUT2D eigenvalue weighted by Crippen LogP contribution is 2.30. The van der Waals surface area contributed by atoms with Gasteiger partial charge >= 0.3 is 41.8 Å². The average molecular weight is 1400 g/mol. The zero-order valence-electron chi connectivity index (χ0n) is 57.6. The molecule has 0 spiro atoms. The predicted molar refractivity (Wildman–Crippen MR) is 375 cm³/mol. The summed E-state index contributed by atoms with van der Waals surface area (Å²) in [4.78, 5) is 78.0. The van der Waals surface area contributed by atoms with E-state index in [0.29, 0.717) is 73.0 Å². The zero-order chi connectivity index (χ0) is 73.5. The van der Waals surface area contributed by atoms with Crippen molar-refractivity contribution in [1.29, 1.82) is 15.8 Å². The summed E-state index contributed by atoms with van der Waals surface area (Å²) >= 11 is 0. The van der Waals surface area contributed by atoms with E-state index in [4.69, 9.17) is 58.4 Å². The molecule has 0 saturated carbocycles. The molecule has 6 aromatic carbocycles. The van der Waals surface area contributed by atoms with Crippen LogP contribution in [0.1, 0.15) is 201 Å². The molecule has 0 atom stereocenters. The molecule has 0 N–H and O–H groups in total. The molecule has 0 fully saturated rings. The van der Waals surface area contributed by atoms with Gasteiger partial charge in [0.2, 0.25) is 0 Å². The van der Waals surface area contributed by atoms with Crippen LogP contribution in [-0.2, 0) is 43.0 Å². The number of carbonyl (C=O) groups is 6. The number of hydrogen-bond acceptors (Lipinski definition) is 18. The molecule has 0 unspecified atom stereocenters. The van der Waals surface area contributed by atoms with E-state index in [9.17, 15) is 41.9 Å². The van der Waals surface area contributed by atoms with E-state index in [-0.39, 0.29) is 76.3 Å². The van der Waals surface area contributed by atoms with Crippen LogP contribution in [0.3, 0.4) is 0 Å². The van der Waals surface area contributed by atoms with Crippen LogP contribution >= 0.6 is 0 Å². The number of hydrogen-bond donors (Lipinski definition) is 0. The summed E-state index contributed by atoms with van der Waals surface area (Å²) in [5.74, 6) is -8.29. The molecule has 0 aromatic heterocycles. The smallest absolute Gasteiger partial charge is 0.423 e. The normalized spacial score (nSPS) is 10.8. The number of nitrogens with zero attached hydrogens (tertiary/aromatic N) is 3. The maximum absolute atomic E-state index is 14.3. The molecule has 6 rings (SSSR count). The van der Waals surface area contributed by atoms with Gasteiger partial charge in [-0.3, -0.25) is 14.4 Å². The zero-order valence-corrected chi connectivity index (χ0v) is 57.6. The number of benzene rings is 6. The molecule has 0 aliphatic heterocycles. The average Bonchev–Trinajstić information content (AvgIpc) is 0.857. The molecular weight excluding hydrogens is 1310 g/mol. The third-order valence-corrected chi connectivity index (χ3v) is 16.3. The Morgan fingerprint density at radius 1 is 0.353 bits per heavy atom. The van der Waals surface area contributed by atoms with Crippen molar-refractivity contribution in [3.8, 4) is 52.7 Å². The lowest BCUT2D eigenvalue weighted by Gasteiger charge is -2.30. The molecule has 21 heteroatoms. The van der Waals surface area contributed by atoms with Crippen LogP contribution in [-0.4, -0.2) is 61.6 Å². The van der Waals surface area contributed by atoms with Gasteiger partial charge in [0.05, 0.1) is 77.9 Å². The van der Waals surface area contributed by atoms with Gasteiger partial charge in [-0.2, -0.15) is 15.8 Å². The fraction of sp³-hybridized carbons (Fsp3) is 0.370. The number of nitriles is 3. The molecule has 0 saturated heterocycles. The molecule has 0 aliphatic carbocycles. The van der Waals surface area contributed by atoms with Crippen LogP contribution in [0.2, 0.25) is 0 Å². The van der Waals surface area contributed by atoms with E-state index in [1.165, 1.54) is 36.4 Å². The van der Waals surface area contributed by atoms with Crippen LogP contribution in [0.5, 0.6) is 34.5 Å². The lowest BCUT2D eigenvalue weighted by Crippen LogP contribution is -2.44. The standard InChI is InChI=1S/C81H86F3N3O15/c1-5-81(100-75(88)27-21-15-9-6-12-18-24-48-94-66-39-33-63(34-40-66)57(2)78(91)97-72-45-30-60(54-85)51-69(72)82,101-76(89)28-22-16-10-7-13-19-25-49-95-67-41-35-64(36-42-67)58(3)79(92)98-73-46-31-61(55-86)52-70(73)83)102-77(90)29-23-17-11-8-14-20-26-50-96-68-43-37-65(38-44-68)59(4)80(93)99-74-47-32-62(56-87)53-71(74)84/h30-47,51-53H,2-29,48-50H2,1H3. The van der Waals surface area contributed by atoms with Crippen molar-refractivity contribution < 1.29 is 84.6 Å². The molecule has 0 aliphatic rings. The quantitative estimate of drug-likeness (QED) is 0.0113. The Hall–Kier alpha value is -11.0. The molecule has 102 heavy (non-hydrogen) atoms. The maximum atomic E-state index is 14.3. The van der Waals surface area contributed by atoms with Crippen LogP contribution < -0.4 is 28.4 Å². The Bertz CT molecular complexity index is 3550. The minimum absolute atomic E-state index is 0.0237. The van der Waals surface area contributed by atoms with Crippen LogP contribution in [0.4, 0.5) is 13.2 Å². The van der Waals surface area contributed by atoms with Gasteiger partial charge in [-0.1, -0.05) is 159 Å². The number of esters is 6. The first-order chi connectivity index (χ1) is 49.3. The van der Waals surface area contributed by atoms with Gasteiger partial charge in [0.1, 0.15) is 17.2 Å². The van der Waals surface area contributed by atoms with Crippen molar-refractivity contribution in [1.82, 2.24) is 0 Å². The summed E-state index contributed by atoms with van der Waals surface area (Å²) in [6, 6.07) is 36.2. The fourth-order valence-corrected chi connectivity index (χ4v) is 10.3. The van der Waals surface area contributed by atoms with E-state index in [0.717, 1.165) is 134 Å². The largest absolute Gasteiger partial charge is 0.494 e. The Morgan fingerprint density at radius 2 is 0.588 bits per heavy atom. The monoisotopic (exact) mass is 1400 g/mol. The summed E-state index contributed by atoms with van der Waals surface area (Å²) in [5.41, 5.74) is 1.78. The van der Waals surface area contributed by atoms with E-state index in [1.54, 1.807) is 79.7 Å². The van der Waals surface area contributed by atoms with Crippen molar-refractivity contribution in [3.05, 3.63) is 198 Å². The minimum Gasteiger partial charge on any atom is -0.494 e. The number of carbonyl (C=O) groups excluding carboxylic acids is 6. The SMILES string of the molecule is C=C(C(=O)Oc1ccc(C#N)cc1F)c1ccc(OCCCCCCCCCC(=O)OC(CC)(OC(=O)CCCCCCCCCOc2ccc(C(=C)C(=O)Oc3ccc(C#N)cc3F)cc2)OC(=O)CCCCCCCCCOc2ccc(C(=C)C(=O)Oc3ccc(C#N)cc3F)cc2)cc1. The van der Waals surface area contributed by atoms with Crippen molar-refractivity contribution in [2.24, 2.45) is 0 Å². The highest BCUT2D eigenvalue weighted by molar-refractivity contribution is 6.17. The Balaban J connectivity index is 0.854.